The molecule has 0 aromatic heterocycles. The first-order valence-electron chi connectivity index (χ1n) is 6.29. The van der Waals surface area contributed by atoms with Crippen LogP contribution < -0.4 is 11.1 Å². The Balaban J connectivity index is 2.03. The van der Waals surface area contributed by atoms with Crippen molar-refractivity contribution in [1.82, 2.24) is 4.90 Å². The highest BCUT2D eigenvalue weighted by Gasteiger charge is 2.21. The molecule has 7 heteroatoms. The standard InChI is InChI=1S/C13H15Cl2N3O2/c14-8-5-9(15)13(10(16)6-8)17-11(19)7-18-4-2-1-3-12(18)20/h5-6H,1-4,7,16H2,(H,17,19). The Hall–Kier alpha value is -1.46. The van der Waals surface area contributed by atoms with E-state index in [2.05, 4.69) is 5.32 Å². The predicted octanol–water partition coefficient (Wildman–Crippen LogP) is 2.53. The van der Waals surface area contributed by atoms with Gasteiger partial charge in [-0.2, -0.15) is 0 Å². The van der Waals surface area contributed by atoms with Crippen molar-refractivity contribution in [2.24, 2.45) is 0 Å². The molecule has 1 aromatic rings. The van der Waals surface area contributed by atoms with E-state index in [1.807, 2.05) is 0 Å². The van der Waals surface area contributed by atoms with E-state index in [4.69, 9.17) is 28.9 Å². The SMILES string of the molecule is Nc1cc(Cl)cc(Cl)c1NC(=O)CN1CCCCC1=O. The fourth-order valence-electron chi connectivity index (χ4n) is 2.11. The third-order valence-corrected chi connectivity index (χ3v) is 3.62. The van der Waals surface area contributed by atoms with Gasteiger partial charge in [0.1, 0.15) is 0 Å². The number of benzene rings is 1. The Kier molecular flexibility index (Phi) is 4.73. The van der Waals surface area contributed by atoms with Gasteiger partial charge in [0.2, 0.25) is 11.8 Å². The molecule has 0 spiro atoms. The van der Waals surface area contributed by atoms with Gasteiger partial charge in [-0.3, -0.25) is 9.59 Å². The second-order valence-electron chi connectivity index (χ2n) is 4.67. The number of likely N-dealkylation sites (tertiary alicyclic amines) is 1. The minimum atomic E-state index is -0.323. The summed E-state index contributed by atoms with van der Waals surface area (Å²) in [6, 6.07) is 3.01. The first-order valence-corrected chi connectivity index (χ1v) is 7.05. The number of hydrogen-bond donors (Lipinski definition) is 2. The second kappa shape index (κ2) is 6.33. The number of nitrogens with zero attached hydrogens (tertiary/aromatic N) is 1. The molecule has 0 saturated carbocycles. The molecule has 1 fully saturated rings. The van der Waals surface area contributed by atoms with Crippen LogP contribution in [0.15, 0.2) is 12.1 Å². The molecule has 1 aliphatic heterocycles. The van der Waals surface area contributed by atoms with E-state index >= 15 is 0 Å². The summed E-state index contributed by atoms with van der Waals surface area (Å²) in [7, 11) is 0. The number of carbonyl (C=O) groups excluding carboxylic acids is 2. The highest BCUT2D eigenvalue weighted by atomic mass is 35.5. The molecule has 0 aliphatic carbocycles. The molecule has 1 heterocycles. The van der Waals surface area contributed by atoms with Gasteiger partial charge in [-0.05, 0) is 25.0 Å². The monoisotopic (exact) mass is 315 g/mol. The van der Waals surface area contributed by atoms with E-state index in [9.17, 15) is 9.59 Å². The molecule has 1 aliphatic rings. The van der Waals surface area contributed by atoms with Crippen LogP contribution in [-0.4, -0.2) is 29.8 Å². The van der Waals surface area contributed by atoms with Gasteiger partial charge < -0.3 is 16.0 Å². The Morgan fingerprint density at radius 1 is 1.35 bits per heavy atom. The van der Waals surface area contributed by atoms with E-state index in [1.165, 1.54) is 12.1 Å². The Morgan fingerprint density at radius 2 is 2.10 bits per heavy atom. The maximum absolute atomic E-state index is 12.0. The van der Waals surface area contributed by atoms with Crippen molar-refractivity contribution in [3.8, 4) is 0 Å². The molecule has 0 unspecified atom stereocenters. The van der Waals surface area contributed by atoms with Crippen LogP contribution in [0.4, 0.5) is 11.4 Å². The molecule has 2 amide bonds. The average Bonchev–Trinajstić information content (AvgIpc) is 2.36. The van der Waals surface area contributed by atoms with Crippen molar-refractivity contribution in [1.29, 1.82) is 0 Å². The Bertz CT molecular complexity index is 525. The zero-order valence-electron chi connectivity index (χ0n) is 10.8. The number of nitrogens with one attached hydrogen (secondary N) is 1. The van der Waals surface area contributed by atoms with Crippen LogP contribution in [0.2, 0.25) is 10.0 Å². The van der Waals surface area contributed by atoms with Crippen molar-refractivity contribution in [3.63, 3.8) is 0 Å². The number of carbonyl (C=O) groups is 2. The number of halogens is 2. The highest BCUT2D eigenvalue weighted by Crippen LogP contribution is 2.32. The lowest BCUT2D eigenvalue weighted by molar-refractivity contribution is -0.136. The summed E-state index contributed by atoms with van der Waals surface area (Å²) in [6.45, 7) is 0.618. The maximum atomic E-state index is 12.0. The van der Waals surface area contributed by atoms with E-state index in [-0.39, 0.29) is 23.4 Å². The zero-order chi connectivity index (χ0) is 14.7. The predicted molar refractivity (Wildman–Crippen MR) is 79.9 cm³/mol. The summed E-state index contributed by atoms with van der Waals surface area (Å²) in [5.41, 5.74) is 6.38. The second-order valence-corrected chi connectivity index (χ2v) is 5.52. The molecule has 2 rings (SSSR count). The molecule has 1 saturated heterocycles. The number of anilines is 2. The van der Waals surface area contributed by atoms with Crippen LogP contribution in [0.1, 0.15) is 19.3 Å². The fraction of sp³-hybridized carbons (Fsp3) is 0.385. The number of rotatable bonds is 3. The molecule has 20 heavy (non-hydrogen) atoms. The van der Waals surface area contributed by atoms with Gasteiger partial charge >= 0.3 is 0 Å². The lowest BCUT2D eigenvalue weighted by atomic mass is 10.1. The smallest absolute Gasteiger partial charge is 0.244 e. The molecule has 1 aromatic carbocycles. The van der Waals surface area contributed by atoms with Gasteiger partial charge in [-0.1, -0.05) is 23.2 Å². The van der Waals surface area contributed by atoms with E-state index in [1.54, 1.807) is 4.90 Å². The van der Waals surface area contributed by atoms with E-state index in [0.717, 1.165) is 12.8 Å². The Labute approximate surface area is 127 Å². The summed E-state index contributed by atoms with van der Waals surface area (Å²) in [5, 5.41) is 3.30. The van der Waals surface area contributed by atoms with Crippen molar-refractivity contribution < 1.29 is 9.59 Å². The number of piperidine rings is 1. The summed E-state index contributed by atoms with van der Waals surface area (Å²) in [5.74, 6) is -0.322. The fourth-order valence-corrected chi connectivity index (χ4v) is 2.66. The van der Waals surface area contributed by atoms with Gasteiger partial charge in [-0.25, -0.2) is 0 Å². The number of nitrogen functional groups attached to an aromatic ring is 1. The molecule has 0 radical (unpaired) electrons. The molecule has 0 atom stereocenters. The van der Waals surface area contributed by atoms with Crippen LogP contribution in [0.25, 0.3) is 0 Å². The van der Waals surface area contributed by atoms with Gasteiger partial charge in [-0.15, -0.1) is 0 Å². The van der Waals surface area contributed by atoms with Crippen LogP contribution >= 0.6 is 23.2 Å². The summed E-state index contributed by atoms with van der Waals surface area (Å²) in [6.07, 6.45) is 2.30. The summed E-state index contributed by atoms with van der Waals surface area (Å²) in [4.78, 5) is 25.1. The van der Waals surface area contributed by atoms with Gasteiger partial charge in [0.25, 0.3) is 0 Å². The third kappa shape index (κ3) is 3.55. The summed E-state index contributed by atoms with van der Waals surface area (Å²) < 4.78 is 0. The molecular formula is C13H15Cl2N3O2. The summed E-state index contributed by atoms with van der Waals surface area (Å²) >= 11 is 11.8. The first-order chi connectivity index (χ1) is 9.47. The van der Waals surface area contributed by atoms with Crippen LogP contribution in [0.3, 0.4) is 0 Å². The molecule has 3 N–H and O–H groups in total. The number of nitrogens with two attached hydrogens (primary N) is 1. The Morgan fingerprint density at radius 3 is 2.75 bits per heavy atom. The normalized spacial score (nSPS) is 15.3. The minimum absolute atomic E-state index is 0.00146. The van der Waals surface area contributed by atoms with Crippen molar-refractivity contribution in [2.45, 2.75) is 19.3 Å². The quantitative estimate of drug-likeness (QED) is 0.841. The van der Waals surface area contributed by atoms with Crippen LogP contribution in [0.5, 0.6) is 0 Å². The topological polar surface area (TPSA) is 75.4 Å². The van der Waals surface area contributed by atoms with Gasteiger partial charge in [0.15, 0.2) is 0 Å². The number of hydrogen-bond acceptors (Lipinski definition) is 3. The van der Waals surface area contributed by atoms with Crippen molar-refractivity contribution in [2.75, 3.05) is 24.1 Å². The molecule has 5 nitrogen and oxygen atoms in total. The number of amides is 2. The van der Waals surface area contributed by atoms with Gasteiger partial charge in [0.05, 0.1) is 22.9 Å². The maximum Gasteiger partial charge on any atom is 0.244 e. The molecule has 108 valence electrons. The highest BCUT2D eigenvalue weighted by molar-refractivity contribution is 6.37. The van der Waals surface area contributed by atoms with Crippen LogP contribution in [-0.2, 0) is 9.59 Å². The molecule has 0 bridgehead atoms. The third-order valence-electron chi connectivity index (χ3n) is 3.11. The van der Waals surface area contributed by atoms with E-state index < -0.39 is 0 Å². The van der Waals surface area contributed by atoms with Gasteiger partial charge in [0, 0.05) is 18.0 Å². The lowest BCUT2D eigenvalue weighted by Crippen LogP contribution is -2.40. The van der Waals surface area contributed by atoms with E-state index in [0.29, 0.717) is 29.4 Å². The first kappa shape index (κ1) is 14.9. The van der Waals surface area contributed by atoms with Crippen LogP contribution in [0, 0.1) is 0 Å². The zero-order valence-corrected chi connectivity index (χ0v) is 12.3. The average molecular weight is 316 g/mol. The largest absolute Gasteiger partial charge is 0.397 e. The van der Waals surface area contributed by atoms with Crippen molar-refractivity contribution in [3.05, 3.63) is 22.2 Å². The molecular weight excluding hydrogens is 301 g/mol. The lowest BCUT2D eigenvalue weighted by Gasteiger charge is -2.26. The van der Waals surface area contributed by atoms with Crippen molar-refractivity contribution >= 4 is 46.4 Å². The minimum Gasteiger partial charge on any atom is -0.397 e.